The second-order valence-corrected chi connectivity index (χ2v) is 7.35. The minimum absolute atomic E-state index is 0.141. The summed E-state index contributed by atoms with van der Waals surface area (Å²) in [5, 5.41) is 12.8. The fraction of sp³-hybridized carbons (Fsp3) is 0.462. The Balaban J connectivity index is 1.83. The van der Waals surface area contributed by atoms with Crippen molar-refractivity contribution >= 4 is 28.1 Å². The molecule has 0 radical (unpaired) electrons. The summed E-state index contributed by atoms with van der Waals surface area (Å²) < 4.78 is 1.38. The van der Waals surface area contributed by atoms with Crippen LogP contribution in [0, 0.1) is 12.8 Å². The van der Waals surface area contributed by atoms with Gasteiger partial charge in [0.15, 0.2) is 0 Å². The third-order valence-corrected chi connectivity index (χ3v) is 4.66. The molecule has 0 saturated carbocycles. The van der Waals surface area contributed by atoms with E-state index in [0.717, 1.165) is 22.9 Å². The number of nitrogens with zero attached hydrogens (tertiary/aromatic N) is 5. The average Bonchev–Trinajstić information content (AvgIpc) is 3.02. The Bertz CT molecular complexity index is 850. The van der Waals surface area contributed by atoms with Crippen LogP contribution in [0.25, 0.3) is 4.96 Å². The van der Waals surface area contributed by atoms with Gasteiger partial charge in [-0.15, -0.1) is 5.10 Å². The van der Waals surface area contributed by atoms with Gasteiger partial charge in [0.1, 0.15) is 10.8 Å². The van der Waals surface area contributed by atoms with Crippen molar-refractivity contribution in [3.63, 3.8) is 0 Å². The number of hydrogen-bond donors (Lipinski definition) is 1. The molecule has 0 amide bonds. The smallest absolute Gasteiger partial charge is 0.267 e. The van der Waals surface area contributed by atoms with Gasteiger partial charge in [-0.05, 0) is 12.8 Å². The number of nitrogens with one attached hydrogen (secondary N) is 1. The summed E-state index contributed by atoms with van der Waals surface area (Å²) in [5.41, 5.74) is 0.579. The Labute approximate surface area is 135 Å². The molecule has 7 nitrogen and oxygen atoms in total. The number of H-pyrrole nitrogens is 1. The van der Waals surface area contributed by atoms with E-state index in [-0.39, 0.29) is 5.56 Å². The first kappa shape index (κ1) is 15.2. The molecule has 0 aromatic carbocycles. The Morgan fingerprint density at radius 2 is 2.23 bits per heavy atom. The maximum atomic E-state index is 12.1. The third-order valence-electron chi connectivity index (χ3n) is 2.85. The SMILES string of the molecule is Cc1nc(SCc2cc(=O)n3nc(CC(C)C)sc3n2)n[nH]1. The van der Waals surface area contributed by atoms with Crippen molar-refractivity contribution in [2.24, 2.45) is 5.92 Å². The van der Waals surface area contributed by atoms with Crippen molar-refractivity contribution in [2.45, 2.75) is 38.1 Å². The van der Waals surface area contributed by atoms with E-state index < -0.39 is 0 Å². The summed E-state index contributed by atoms with van der Waals surface area (Å²) in [7, 11) is 0. The van der Waals surface area contributed by atoms with E-state index >= 15 is 0 Å². The van der Waals surface area contributed by atoms with Gasteiger partial charge in [0, 0.05) is 18.2 Å². The Kier molecular flexibility index (Phi) is 4.25. The average molecular weight is 336 g/mol. The second kappa shape index (κ2) is 6.17. The second-order valence-electron chi connectivity index (χ2n) is 5.37. The first-order valence-electron chi connectivity index (χ1n) is 6.92. The van der Waals surface area contributed by atoms with Crippen molar-refractivity contribution in [3.8, 4) is 0 Å². The summed E-state index contributed by atoms with van der Waals surface area (Å²) in [5.74, 6) is 1.83. The van der Waals surface area contributed by atoms with Crippen LogP contribution in [0.2, 0.25) is 0 Å². The Morgan fingerprint density at radius 3 is 2.91 bits per heavy atom. The lowest BCUT2D eigenvalue weighted by Gasteiger charge is -1.97. The molecular weight excluding hydrogens is 320 g/mol. The summed E-state index contributed by atoms with van der Waals surface area (Å²) in [6.45, 7) is 6.10. The van der Waals surface area contributed by atoms with Crippen LogP contribution in [-0.2, 0) is 12.2 Å². The van der Waals surface area contributed by atoms with E-state index in [4.69, 9.17) is 0 Å². The zero-order valence-corrected chi connectivity index (χ0v) is 14.2. The lowest BCUT2D eigenvalue weighted by atomic mass is 10.1. The molecule has 3 aromatic heterocycles. The van der Waals surface area contributed by atoms with Gasteiger partial charge in [-0.1, -0.05) is 36.9 Å². The van der Waals surface area contributed by atoms with Crippen LogP contribution in [0.3, 0.4) is 0 Å². The molecule has 0 atom stereocenters. The van der Waals surface area contributed by atoms with Gasteiger partial charge < -0.3 is 0 Å². The van der Waals surface area contributed by atoms with Crippen molar-refractivity contribution in [1.82, 2.24) is 29.8 Å². The molecular formula is C13H16N6OS2. The van der Waals surface area contributed by atoms with Gasteiger partial charge in [-0.3, -0.25) is 9.89 Å². The number of aromatic amines is 1. The predicted octanol–water partition coefficient (Wildman–Crippen LogP) is 2.07. The highest BCUT2D eigenvalue weighted by Gasteiger charge is 2.11. The fourth-order valence-electron chi connectivity index (χ4n) is 1.93. The van der Waals surface area contributed by atoms with Crippen molar-refractivity contribution in [3.05, 3.63) is 32.9 Å². The molecule has 0 unspecified atom stereocenters. The molecule has 3 aromatic rings. The van der Waals surface area contributed by atoms with E-state index in [1.807, 2.05) is 6.92 Å². The highest BCUT2D eigenvalue weighted by atomic mass is 32.2. The number of aromatic nitrogens is 6. The molecule has 0 bridgehead atoms. The largest absolute Gasteiger partial charge is 0.275 e. The standard InChI is InChI=1S/C13H16N6OS2/c1-7(2)4-10-18-19-11(20)5-9(15-13(19)22-10)6-21-12-14-8(3)16-17-12/h5,7H,4,6H2,1-3H3,(H,14,16,17). The summed E-state index contributed by atoms with van der Waals surface area (Å²) in [4.78, 5) is 21.5. The Hall–Kier alpha value is -1.74. The summed E-state index contributed by atoms with van der Waals surface area (Å²) in [6, 6.07) is 1.53. The summed E-state index contributed by atoms with van der Waals surface area (Å²) >= 11 is 2.92. The zero-order chi connectivity index (χ0) is 15.7. The van der Waals surface area contributed by atoms with Crippen LogP contribution in [0.1, 0.15) is 30.4 Å². The van der Waals surface area contributed by atoms with Crippen molar-refractivity contribution in [1.29, 1.82) is 0 Å². The minimum atomic E-state index is -0.141. The molecule has 0 aliphatic rings. The van der Waals surface area contributed by atoms with Crippen molar-refractivity contribution in [2.75, 3.05) is 0 Å². The molecule has 0 spiro atoms. The molecule has 0 aliphatic carbocycles. The molecule has 0 saturated heterocycles. The molecule has 1 N–H and O–H groups in total. The lowest BCUT2D eigenvalue weighted by molar-refractivity contribution is 0.635. The van der Waals surface area contributed by atoms with Gasteiger partial charge in [-0.2, -0.15) is 9.61 Å². The monoisotopic (exact) mass is 336 g/mol. The lowest BCUT2D eigenvalue weighted by Crippen LogP contribution is -2.15. The number of thioether (sulfide) groups is 1. The van der Waals surface area contributed by atoms with E-state index in [1.165, 1.54) is 33.7 Å². The van der Waals surface area contributed by atoms with Crippen LogP contribution in [-0.4, -0.2) is 29.8 Å². The molecule has 3 heterocycles. The van der Waals surface area contributed by atoms with Crippen molar-refractivity contribution < 1.29 is 0 Å². The van der Waals surface area contributed by atoms with Gasteiger partial charge in [-0.25, -0.2) is 9.97 Å². The summed E-state index contributed by atoms with van der Waals surface area (Å²) in [6.07, 6.45) is 0.855. The molecule has 22 heavy (non-hydrogen) atoms. The van der Waals surface area contributed by atoms with E-state index in [2.05, 4.69) is 39.1 Å². The molecule has 9 heteroatoms. The van der Waals surface area contributed by atoms with E-state index in [1.54, 1.807) is 0 Å². The van der Waals surface area contributed by atoms with Gasteiger partial charge in [0.25, 0.3) is 5.56 Å². The molecule has 3 rings (SSSR count). The highest BCUT2D eigenvalue weighted by molar-refractivity contribution is 7.98. The van der Waals surface area contributed by atoms with Gasteiger partial charge >= 0.3 is 0 Å². The first-order valence-corrected chi connectivity index (χ1v) is 8.72. The Morgan fingerprint density at radius 1 is 1.41 bits per heavy atom. The normalized spacial score (nSPS) is 11.6. The zero-order valence-electron chi connectivity index (χ0n) is 12.5. The maximum absolute atomic E-state index is 12.1. The van der Waals surface area contributed by atoms with E-state index in [0.29, 0.717) is 21.8 Å². The third kappa shape index (κ3) is 3.36. The number of aryl methyl sites for hydroxylation is 1. The number of fused-ring (bicyclic) bond motifs is 1. The predicted molar refractivity (Wildman–Crippen MR) is 86.4 cm³/mol. The number of hydrogen-bond acceptors (Lipinski definition) is 7. The molecule has 0 aliphatic heterocycles. The number of rotatable bonds is 5. The first-order chi connectivity index (χ1) is 10.5. The van der Waals surface area contributed by atoms with E-state index in [9.17, 15) is 4.79 Å². The van der Waals surface area contributed by atoms with Crippen LogP contribution in [0.5, 0.6) is 0 Å². The fourth-order valence-corrected chi connectivity index (χ4v) is 3.79. The van der Waals surface area contributed by atoms with Crippen LogP contribution < -0.4 is 5.56 Å². The topological polar surface area (TPSA) is 88.8 Å². The molecule has 116 valence electrons. The highest BCUT2D eigenvalue weighted by Crippen LogP contribution is 2.19. The minimum Gasteiger partial charge on any atom is -0.267 e. The van der Waals surface area contributed by atoms with Gasteiger partial charge in [0.05, 0.1) is 5.69 Å². The maximum Gasteiger partial charge on any atom is 0.275 e. The van der Waals surface area contributed by atoms with Crippen LogP contribution in [0.15, 0.2) is 16.0 Å². The van der Waals surface area contributed by atoms with Crippen LogP contribution in [0.4, 0.5) is 0 Å². The quantitative estimate of drug-likeness (QED) is 0.718. The van der Waals surface area contributed by atoms with Gasteiger partial charge in [0.2, 0.25) is 10.1 Å². The molecule has 0 fully saturated rings. The van der Waals surface area contributed by atoms with Crippen LogP contribution >= 0.6 is 23.1 Å².